The second kappa shape index (κ2) is 5.22. The molecule has 0 spiro atoms. The van der Waals surface area contributed by atoms with Crippen molar-refractivity contribution in [3.8, 4) is 5.75 Å². The van der Waals surface area contributed by atoms with Crippen LogP contribution in [0.1, 0.15) is 25.3 Å². The van der Waals surface area contributed by atoms with Crippen LogP contribution in [0.25, 0.3) is 0 Å². The summed E-state index contributed by atoms with van der Waals surface area (Å²) in [5, 5.41) is 0. The number of fused-ring (bicyclic) bond motifs is 2. The van der Waals surface area contributed by atoms with Crippen LogP contribution in [0.15, 0.2) is 23.1 Å². The third kappa shape index (κ3) is 2.25. The number of nitrogens with zero attached hydrogens (tertiary/aromatic N) is 2. The molecule has 22 heavy (non-hydrogen) atoms. The van der Waals surface area contributed by atoms with Crippen LogP contribution in [-0.2, 0) is 16.4 Å². The second-order valence-electron chi connectivity index (χ2n) is 6.58. The van der Waals surface area contributed by atoms with E-state index in [-0.39, 0.29) is 6.04 Å². The van der Waals surface area contributed by atoms with Crippen molar-refractivity contribution in [2.75, 3.05) is 26.2 Å². The van der Waals surface area contributed by atoms with E-state index in [1.165, 1.54) is 6.42 Å². The molecule has 4 rings (SSSR count). The van der Waals surface area contributed by atoms with E-state index in [1.54, 1.807) is 22.5 Å². The normalized spacial score (nSPS) is 29.1. The number of piperazine rings is 1. The molecule has 1 aromatic rings. The minimum Gasteiger partial charge on any atom is -0.493 e. The van der Waals surface area contributed by atoms with E-state index in [0.717, 1.165) is 37.2 Å². The van der Waals surface area contributed by atoms with Crippen LogP contribution in [0.3, 0.4) is 0 Å². The lowest BCUT2D eigenvalue weighted by atomic mass is 10.1. The van der Waals surface area contributed by atoms with Crippen LogP contribution in [0, 0.1) is 0 Å². The van der Waals surface area contributed by atoms with Crippen molar-refractivity contribution in [3.05, 3.63) is 23.8 Å². The zero-order valence-corrected chi connectivity index (χ0v) is 13.7. The number of rotatable bonds is 2. The average Bonchev–Trinajstić information content (AvgIpc) is 3.13. The zero-order chi connectivity index (χ0) is 15.3. The fourth-order valence-corrected chi connectivity index (χ4v) is 5.66. The SMILES string of the molecule is C[C@H]1CN2CCC[C@H]2CN1S(=O)(=O)c1ccc2c(c1)CCO2. The third-order valence-corrected chi connectivity index (χ3v) is 7.12. The zero-order valence-electron chi connectivity index (χ0n) is 12.9. The number of ether oxygens (including phenoxy) is 1. The Bertz CT molecular complexity index is 689. The third-order valence-electron chi connectivity index (χ3n) is 5.15. The van der Waals surface area contributed by atoms with Crippen molar-refractivity contribution in [3.63, 3.8) is 0 Å². The predicted octanol–water partition coefficient (Wildman–Crippen LogP) is 1.48. The predicted molar refractivity (Wildman–Crippen MR) is 83.6 cm³/mol. The highest BCUT2D eigenvalue weighted by molar-refractivity contribution is 7.89. The fraction of sp³-hybridized carbons (Fsp3) is 0.625. The van der Waals surface area contributed by atoms with E-state index in [1.807, 2.05) is 6.92 Å². The van der Waals surface area contributed by atoms with Gasteiger partial charge in [-0.25, -0.2) is 8.42 Å². The van der Waals surface area contributed by atoms with Gasteiger partial charge in [0.25, 0.3) is 0 Å². The topological polar surface area (TPSA) is 49.9 Å². The van der Waals surface area contributed by atoms with Gasteiger partial charge in [0, 0.05) is 31.6 Å². The maximum absolute atomic E-state index is 13.1. The minimum absolute atomic E-state index is 0.0313. The molecule has 0 saturated carbocycles. The van der Waals surface area contributed by atoms with Gasteiger partial charge in [-0.1, -0.05) is 0 Å². The highest BCUT2D eigenvalue weighted by Gasteiger charge is 2.40. The maximum Gasteiger partial charge on any atom is 0.243 e. The Kier molecular flexibility index (Phi) is 3.43. The highest BCUT2D eigenvalue weighted by atomic mass is 32.2. The van der Waals surface area contributed by atoms with Gasteiger partial charge in [0.1, 0.15) is 5.75 Å². The van der Waals surface area contributed by atoms with Crippen LogP contribution in [0.5, 0.6) is 5.75 Å². The molecule has 3 aliphatic rings. The van der Waals surface area contributed by atoms with Crippen LogP contribution in [0.2, 0.25) is 0 Å². The second-order valence-corrected chi connectivity index (χ2v) is 8.47. The van der Waals surface area contributed by atoms with Crippen LogP contribution < -0.4 is 4.74 Å². The average molecular weight is 322 g/mol. The molecule has 0 N–H and O–H groups in total. The monoisotopic (exact) mass is 322 g/mol. The summed E-state index contributed by atoms with van der Waals surface area (Å²) >= 11 is 0. The fourth-order valence-electron chi connectivity index (χ4n) is 3.95. The lowest BCUT2D eigenvalue weighted by molar-refractivity contribution is 0.117. The number of sulfonamides is 1. The molecule has 0 aromatic heterocycles. The molecule has 2 saturated heterocycles. The summed E-state index contributed by atoms with van der Waals surface area (Å²) in [6.07, 6.45) is 3.09. The number of benzene rings is 1. The summed E-state index contributed by atoms with van der Waals surface area (Å²) in [6, 6.07) is 5.71. The molecule has 0 radical (unpaired) electrons. The molecule has 120 valence electrons. The molecular weight excluding hydrogens is 300 g/mol. The Labute approximate surface area is 131 Å². The summed E-state index contributed by atoms with van der Waals surface area (Å²) in [5.41, 5.74) is 1.01. The highest BCUT2D eigenvalue weighted by Crippen LogP contribution is 2.32. The van der Waals surface area contributed by atoms with Gasteiger partial charge < -0.3 is 4.74 Å². The van der Waals surface area contributed by atoms with Gasteiger partial charge >= 0.3 is 0 Å². The molecule has 0 aliphatic carbocycles. The first-order chi connectivity index (χ1) is 10.6. The van der Waals surface area contributed by atoms with Gasteiger partial charge in [0.05, 0.1) is 11.5 Å². The molecule has 5 nitrogen and oxygen atoms in total. The van der Waals surface area contributed by atoms with E-state index in [2.05, 4.69) is 4.90 Å². The molecule has 6 heteroatoms. The van der Waals surface area contributed by atoms with E-state index in [9.17, 15) is 8.42 Å². The summed E-state index contributed by atoms with van der Waals surface area (Å²) in [5.74, 6) is 0.826. The van der Waals surface area contributed by atoms with Crippen LogP contribution >= 0.6 is 0 Å². The Hall–Kier alpha value is -1.11. The molecular formula is C16H22N2O3S. The Morgan fingerprint density at radius 1 is 1.27 bits per heavy atom. The largest absolute Gasteiger partial charge is 0.493 e. The lowest BCUT2D eigenvalue weighted by Gasteiger charge is -2.41. The first kappa shape index (κ1) is 14.5. The molecule has 0 bridgehead atoms. The summed E-state index contributed by atoms with van der Waals surface area (Å²) in [7, 11) is -3.42. The molecule has 3 heterocycles. The Morgan fingerprint density at radius 3 is 3.00 bits per heavy atom. The van der Waals surface area contributed by atoms with E-state index < -0.39 is 10.0 Å². The smallest absolute Gasteiger partial charge is 0.243 e. The van der Waals surface area contributed by atoms with E-state index >= 15 is 0 Å². The number of hydrogen-bond acceptors (Lipinski definition) is 4. The number of hydrogen-bond donors (Lipinski definition) is 0. The van der Waals surface area contributed by atoms with Crippen molar-refractivity contribution in [1.29, 1.82) is 0 Å². The first-order valence-electron chi connectivity index (χ1n) is 8.07. The van der Waals surface area contributed by atoms with Gasteiger partial charge in [-0.3, -0.25) is 4.90 Å². The summed E-state index contributed by atoms with van der Waals surface area (Å²) in [6.45, 7) is 5.24. The molecule has 3 aliphatic heterocycles. The Morgan fingerprint density at radius 2 is 2.14 bits per heavy atom. The molecule has 1 aromatic carbocycles. The van der Waals surface area contributed by atoms with Crippen molar-refractivity contribution >= 4 is 10.0 Å². The first-order valence-corrected chi connectivity index (χ1v) is 9.51. The van der Waals surface area contributed by atoms with Crippen molar-refractivity contribution in [2.24, 2.45) is 0 Å². The lowest BCUT2D eigenvalue weighted by Crippen LogP contribution is -2.56. The molecule has 0 amide bonds. The summed E-state index contributed by atoms with van der Waals surface area (Å²) in [4.78, 5) is 2.85. The van der Waals surface area contributed by atoms with Gasteiger partial charge in [0.2, 0.25) is 10.0 Å². The molecule has 2 atom stereocenters. The van der Waals surface area contributed by atoms with Gasteiger partial charge in [-0.05, 0) is 50.1 Å². The van der Waals surface area contributed by atoms with E-state index in [4.69, 9.17) is 4.74 Å². The van der Waals surface area contributed by atoms with Gasteiger partial charge in [-0.2, -0.15) is 4.31 Å². The van der Waals surface area contributed by atoms with Crippen molar-refractivity contribution in [2.45, 2.75) is 43.2 Å². The minimum atomic E-state index is -3.42. The standard InChI is InChI=1S/C16H22N2O3S/c1-12-10-17-7-2-3-14(17)11-18(12)22(19,20)15-4-5-16-13(9-15)6-8-21-16/h4-5,9,12,14H,2-3,6-8,10-11H2,1H3/t12-,14-/m0/s1. The summed E-state index contributed by atoms with van der Waals surface area (Å²) < 4.78 is 33.3. The van der Waals surface area contributed by atoms with E-state index in [0.29, 0.717) is 24.1 Å². The maximum atomic E-state index is 13.1. The van der Waals surface area contributed by atoms with Gasteiger partial charge in [-0.15, -0.1) is 0 Å². The van der Waals surface area contributed by atoms with Crippen LogP contribution in [0.4, 0.5) is 0 Å². The van der Waals surface area contributed by atoms with Gasteiger partial charge in [0.15, 0.2) is 0 Å². The van der Waals surface area contributed by atoms with Crippen molar-refractivity contribution in [1.82, 2.24) is 9.21 Å². The Balaban J connectivity index is 1.65. The van der Waals surface area contributed by atoms with Crippen molar-refractivity contribution < 1.29 is 13.2 Å². The quantitative estimate of drug-likeness (QED) is 0.827. The van der Waals surface area contributed by atoms with Crippen LogP contribution in [-0.4, -0.2) is 55.9 Å². The molecule has 0 unspecified atom stereocenters. The molecule has 2 fully saturated rings.